The minimum Gasteiger partial charge on any atom is -0.439 e. The van der Waals surface area contributed by atoms with Gasteiger partial charge in [-0.05, 0) is 24.1 Å². The van der Waals surface area contributed by atoms with E-state index < -0.39 is 18.6 Å². The average molecular weight is 291 g/mol. The van der Waals surface area contributed by atoms with Crippen molar-refractivity contribution in [2.75, 3.05) is 13.2 Å². The molecule has 0 bridgehead atoms. The predicted octanol–water partition coefficient (Wildman–Crippen LogP) is 1.75. The quantitative estimate of drug-likeness (QED) is 0.867. The second kappa shape index (κ2) is 7.08. The zero-order valence-electron chi connectivity index (χ0n) is 9.41. The highest BCUT2D eigenvalue weighted by atomic mass is 35.5. The Hall–Kier alpha value is -1.46. The first-order chi connectivity index (χ1) is 8.49. The fourth-order valence-corrected chi connectivity index (χ4v) is 1.71. The molecule has 0 radical (unpaired) electrons. The van der Waals surface area contributed by atoms with Crippen LogP contribution < -0.4 is 11.1 Å². The van der Waals surface area contributed by atoms with Gasteiger partial charge in [-0.1, -0.05) is 29.3 Å². The van der Waals surface area contributed by atoms with Crippen molar-refractivity contribution < 1.29 is 14.3 Å². The second-order valence-electron chi connectivity index (χ2n) is 3.45. The molecule has 2 amide bonds. The van der Waals surface area contributed by atoms with Crippen molar-refractivity contribution in [1.82, 2.24) is 5.32 Å². The molecule has 1 aromatic rings. The number of halogens is 2. The highest BCUT2D eigenvalue weighted by Crippen LogP contribution is 2.20. The lowest BCUT2D eigenvalue weighted by molar-refractivity contribution is -0.120. The number of hydrogen-bond donors (Lipinski definition) is 2. The van der Waals surface area contributed by atoms with Crippen LogP contribution in [0, 0.1) is 0 Å². The van der Waals surface area contributed by atoms with E-state index in [-0.39, 0.29) is 0 Å². The minimum absolute atomic E-state index is 0.332. The van der Waals surface area contributed by atoms with Crippen LogP contribution in [0.1, 0.15) is 5.56 Å². The fourth-order valence-electron chi connectivity index (χ4n) is 1.21. The van der Waals surface area contributed by atoms with Crippen molar-refractivity contribution in [2.45, 2.75) is 6.42 Å². The van der Waals surface area contributed by atoms with E-state index in [0.29, 0.717) is 23.0 Å². The summed E-state index contributed by atoms with van der Waals surface area (Å²) >= 11 is 11.7. The van der Waals surface area contributed by atoms with Crippen LogP contribution in [0.2, 0.25) is 10.0 Å². The van der Waals surface area contributed by atoms with Gasteiger partial charge in [0, 0.05) is 16.6 Å². The van der Waals surface area contributed by atoms with Crippen LogP contribution in [-0.4, -0.2) is 25.2 Å². The Kier molecular flexibility index (Phi) is 5.74. The van der Waals surface area contributed by atoms with E-state index in [2.05, 4.69) is 10.1 Å². The number of rotatable bonds is 5. The van der Waals surface area contributed by atoms with Crippen LogP contribution in [0.4, 0.5) is 4.79 Å². The highest BCUT2D eigenvalue weighted by Gasteiger charge is 2.05. The van der Waals surface area contributed by atoms with Gasteiger partial charge in [-0.25, -0.2) is 4.79 Å². The van der Waals surface area contributed by atoms with Crippen LogP contribution in [0.25, 0.3) is 0 Å². The summed E-state index contributed by atoms with van der Waals surface area (Å²) < 4.78 is 4.51. The van der Waals surface area contributed by atoms with Crippen molar-refractivity contribution in [3.63, 3.8) is 0 Å². The van der Waals surface area contributed by atoms with Gasteiger partial charge in [0.15, 0.2) is 6.61 Å². The number of primary amides is 1. The molecule has 0 spiro atoms. The maximum atomic E-state index is 11.1. The van der Waals surface area contributed by atoms with E-state index in [0.717, 1.165) is 5.56 Å². The summed E-state index contributed by atoms with van der Waals surface area (Å²) in [6, 6.07) is 5.12. The predicted molar refractivity (Wildman–Crippen MR) is 68.7 cm³/mol. The summed E-state index contributed by atoms with van der Waals surface area (Å²) in [5.41, 5.74) is 5.68. The van der Waals surface area contributed by atoms with Crippen molar-refractivity contribution in [3.05, 3.63) is 33.8 Å². The number of hydrogen-bond acceptors (Lipinski definition) is 3. The molecule has 7 heteroatoms. The van der Waals surface area contributed by atoms with E-state index in [4.69, 9.17) is 28.9 Å². The summed E-state index contributed by atoms with van der Waals surface area (Å²) in [5, 5.41) is 3.56. The standard InChI is InChI=1S/C11H12Cl2N2O3/c12-8-2-1-7(9(13)5-8)3-4-15-11(17)18-6-10(14)16/h1-2,5H,3-4,6H2,(H2,14,16)(H,15,17). The maximum Gasteiger partial charge on any atom is 0.407 e. The molecule has 0 aliphatic heterocycles. The molecule has 18 heavy (non-hydrogen) atoms. The van der Waals surface area contributed by atoms with E-state index in [1.165, 1.54) is 0 Å². The molecule has 5 nitrogen and oxygen atoms in total. The Bertz CT molecular complexity index is 452. The molecule has 0 heterocycles. The molecule has 1 aromatic carbocycles. The molecule has 0 unspecified atom stereocenters. The second-order valence-corrected chi connectivity index (χ2v) is 4.30. The molecule has 0 atom stereocenters. The van der Waals surface area contributed by atoms with Gasteiger partial charge >= 0.3 is 6.09 Å². The molecule has 3 N–H and O–H groups in total. The van der Waals surface area contributed by atoms with Crippen molar-refractivity contribution in [3.8, 4) is 0 Å². The molecular formula is C11H12Cl2N2O3. The first kappa shape index (κ1) is 14.6. The zero-order chi connectivity index (χ0) is 13.5. The molecule has 1 rings (SSSR count). The number of ether oxygens (including phenoxy) is 1. The summed E-state index contributed by atoms with van der Waals surface area (Å²) in [6.07, 6.45) is -0.166. The number of alkyl carbamates (subject to hydrolysis) is 1. The Morgan fingerprint density at radius 2 is 2.06 bits per heavy atom. The van der Waals surface area contributed by atoms with Crippen molar-refractivity contribution in [1.29, 1.82) is 0 Å². The number of carbonyl (C=O) groups is 2. The number of nitrogens with one attached hydrogen (secondary N) is 1. The van der Waals surface area contributed by atoms with Crippen LogP contribution in [-0.2, 0) is 16.0 Å². The monoisotopic (exact) mass is 290 g/mol. The molecule has 0 saturated carbocycles. The Morgan fingerprint density at radius 3 is 2.67 bits per heavy atom. The normalized spacial score (nSPS) is 9.89. The molecule has 0 aliphatic carbocycles. The van der Waals surface area contributed by atoms with Crippen LogP contribution >= 0.6 is 23.2 Å². The van der Waals surface area contributed by atoms with Gasteiger partial charge in [0.05, 0.1) is 0 Å². The largest absolute Gasteiger partial charge is 0.439 e. The van der Waals surface area contributed by atoms with Gasteiger partial charge in [0.1, 0.15) is 0 Å². The van der Waals surface area contributed by atoms with E-state index >= 15 is 0 Å². The smallest absolute Gasteiger partial charge is 0.407 e. The number of carbonyl (C=O) groups excluding carboxylic acids is 2. The Balaban J connectivity index is 2.33. The summed E-state index contributed by atoms with van der Waals surface area (Å²) in [5.74, 6) is -0.703. The SMILES string of the molecule is NC(=O)COC(=O)NCCc1ccc(Cl)cc1Cl. The third-order valence-corrected chi connectivity index (χ3v) is 2.61. The Labute approximate surface area is 114 Å². The number of nitrogens with two attached hydrogens (primary N) is 1. The summed E-state index contributed by atoms with van der Waals surface area (Å²) in [6.45, 7) is -0.105. The summed E-state index contributed by atoms with van der Waals surface area (Å²) in [4.78, 5) is 21.4. The molecule has 0 fully saturated rings. The number of benzene rings is 1. The third kappa shape index (κ3) is 5.25. The van der Waals surface area contributed by atoms with E-state index in [1.54, 1.807) is 18.2 Å². The minimum atomic E-state index is -0.703. The van der Waals surface area contributed by atoms with Gasteiger partial charge in [0.25, 0.3) is 5.91 Å². The van der Waals surface area contributed by atoms with Crippen LogP contribution in [0.5, 0.6) is 0 Å². The van der Waals surface area contributed by atoms with Crippen LogP contribution in [0.3, 0.4) is 0 Å². The lowest BCUT2D eigenvalue weighted by Crippen LogP contribution is -2.30. The van der Waals surface area contributed by atoms with Crippen molar-refractivity contribution in [2.24, 2.45) is 5.73 Å². The third-order valence-electron chi connectivity index (χ3n) is 2.02. The lowest BCUT2D eigenvalue weighted by Gasteiger charge is -2.07. The summed E-state index contributed by atoms with van der Waals surface area (Å²) in [7, 11) is 0. The van der Waals surface area contributed by atoms with Crippen LogP contribution in [0.15, 0.2) is 18.2 Å². The lowest BCUT2D eigenvalue weighted by atomic mass is 10.1. The fraction of sp³-hybridized carbons (Fsp3) is 0.273. The van der Waals surface area contributed by atoms with Gasteiger partial charge in [0.2, 0.25) is 0 Å². The highest BCUT2D eigenvalue weighted by molar-refractivity contribution is 6.35. The molecule has 98 valence electrons. The first-order valence-corrected chi connectivity index (χ1v) is 5.87. The molecule has 0 aromatic heterocycles. The molecular weight excluding hydrogens is 279 g/mol. The topological polar surface area (TPSA) is 81.4 Å². The number of amides is 2. The van der Waals surface area contributed by atoms with Gasteiger partial charge in [-0.2, -0.15) is 0 Å². The molecule has 0 saturated heterocycles. The average Bonchev–Trinajstić information content (AvgIpc) is 2.29. The zero-order valence-corrected chi connectivity index (χ0v) is 10.9. The van der Waals surface area contributed by atoms with Gasteiger partial charge < -0.3 is 15.8 Å². The van der Waals surface area contributed by atoms with E-state index in [1.807, 2.05) is 0 Å². The van der Waals surface area contributed by atoms with Crippen molar-refractivity contribution >= 4 is 35.2 Å². The molecule has 0 aliphatic rings. The first-order valence-electron chi connectivity index (χ1n) is 5.12. The van der Waals surface area contributed by atoms with Gasteiger partial charge in [-0.15, -0.1) is 0 Å². The Morgan fingerprint density at radius 1 is 1.33 bits per heavy atom. The van der Waals surface area contributed by atoms with Gasteiger partial charge in [-0.3, -0.25) is 4.79 Å². The maximum absolute atomic E-state index is 11.1. The van der Waals surface area contributed by atoms with E-state index in [9.17, 15) is 9.59 Å².